The number of hydrogen-bond donors (Lipinski definition) is 1. The van der Waals surface area contributed by atoms with Gasteiger partial charge in [-0.3, -0.25) is 5.32 Å². The first kappa shape index (κ1) is 18.8. The van der Waals surface area contributed by atoms with Gasteiger partial charge >= 0.3 is 13.2 Å². The highest BCUT2D eigenvalue weighted by Crippen LogP contribution is 2.37. The number of amides is 1. The van der Waals surface area contributed by atoms with Crippen molar-refractivity contribution in [3.8, 4) is 0 Å². The van der Waals surface area contributed by atoms with Crippen LogP contribution in [0.5, 0.6) is 0 Å². The zero-order chi connectivity index (χ0) is 18.2. The monoisotopic (exact) mass is 333 g/mol. The van der Waals surface area contributed by atoms with Crippen LogP contribution in [0.4, 0.5) is 10.5 Å². The summed E-state index contributed by atoms with van der Waals surface area (Å²) in [4.78, 5) is 11.8. The van der Waals surface area contributed by atoms with Gasteiger partial charge < -0.3 is 14.0 Å². The SMILES string of the molecule is CC(C)(C)OC(=O)Nc1ccc(CB2OC(C)(C)C(C)(C)O2)cc1. The van der Waals surface area contributed by atoms with E-state index in [1.807, 2.05) is 72.7 Å². The second-order valence-electron chi connectivity index (χ2n) is 8.21. The van der Waals surface area contributed by atoms with E-state index in [9.17, 15) is 4.79 Å². The van der Waals surface area contributed by atoms with Crippen molar-refractivity contribution in [3.05, 3.63) is 29.8 Å². The maximum absolute atomic E-state index is 11.8. The van der Waals surface area contributed by atoms with Crippen molar-refractivity contribution in [2.75, 3.05) is 5.32 Å². The minimum Gasteiger partial charge on any atom is -0.444 e. The summed E-state index contributed by atoms with van der Waals surface area (Å²) in [5, 5.41) is 2.72. The van der Waals surface area contributed by atoms with Gasteiger partial charge in [0.1, 0.15) is 5.60 Å². The van der Waals surface area contributed by atoms with Crippen molar-refractivity contribution in [3.63, 3.8) is 0 Å². The fraction of sp³-hybridized carbons (Fsp3) is 0.611. The lowest BCUT2D eigenvalue weighted by Crippen LogP contribution is -2.41. The summed E-state index contributed by atoms with van der Waals surface area (Å²) in [6, 6.07) is 7.62. The van der Waals surface area contributed by atoms with E-state index in [-0.39, 0.29) is 18.3 Å². The lowest BCUT2D eigenvalue weighted by Gasteiger charge is -2.32. The molecule has 1 aliphatic rings. The van der Waals surface area contributed by atoms with Crippen molar-refractivity contribution in [2.24, 2.45) is 0 Å². The van der Waals surface area contributed by atoms with Gasteiger partial charge in [0.15, 0.2) is 0 Å². The fourth-order valence-corrected chi connectivity index (χ4v) is 2.39. The molecule has 0 saturated carbocycles. The van der Waals surface area contributed by atoms with Gasteiger partial charge in [-0.05, 0) is 66.2 Å². The van der Waals surface area contributed by atoms with Crippen molar-refractivity contribution in [2.45, 2.75) is 71.6 Å². The predicted octanol–water partition coefficient (Wildman–Crippen LogP) is 4.21. The van der Waals surface area contributed by atoms with Gasteiger partial charge in [-0.25, -0.2) is 4.79 Å². The molecule has 2 rings (SSSR count). The Hall–Kier alpha value is -1.53. The summed E-state index contributed by atoms with van der Waals surface area (Å²) in [6.07, 6.45) is 0.209. The molecule has 0 atom stereocenters. The van der Waals surface area contributed by atoms with Crippen molar-refractivity contribution < 1.29 is 18.8 Å². The minimum absolute atomic E-state index is 0.264. The summed E-state index contributed by atoms with van der Waals surface area (Å²) in [6.45, 7) is 13.7. The van der Waals surface area contributed by atoms with E-state index in [2.05, 4.69) is 5.32 Å². The first-order valence-corrected chi connectivity index (χ1v) is 8.33. The number of nitrogens with one attached hydrogen (secondary N) is 1. The topological polar surface area (TPSA) is 56.8 Å². The Morgan fingerprint density at radius 1 is 1.08 bits per heavy atom. The molecule has 1 aromatic carbocycles. The third-order valence-corrected chi connectivity index (χ3v) is 4.30. The van der Waals surface area contributed by atoms with Crippen LogP contribution < -0.4 is 5.32 Å². The number of hydrogen-bond acceptors (Lipinski definition) is 4. The molecule has 1 heterocycles. The fourth-order valence-electron chi connectivity index (χ4n) is 2.39. The van der Waals surface area contributed by atoms with E-state index in [4.69, 9.17) is 14.0 Å². The molecule has 1 aromatic rings. The highest BCUT2D eigenvalue weighted by molar-refractivity contribution is 6.45. The van der Waals surface area contributed by atoms with Gasteiger partial charge in [0.25, 0.3) is 0 Å². The first-order chi connectivity index (χ1) is 10.9. The molecule has 1 fully saturated rings. The molecule has 1 aliphatic heterocycles. The van der Waals surface area contributed by atoms with E-state index in [1.165, 1.54) is 0 Å². The summed E-state index contributed by atoms with van der Waals surface area (Å²) in [5.41, 5.74) is 0.622. The molecule has 0 aromatic heterocycles. The van der Waals surface area contributed by atoms with Crippen LogP contribution in [0, 0.1) is 0 Å². The third kappa shape index (κ3) is 4.74. The molecule has 24 heavy (non-hydrogen) atoms. The Morgan fingerprint density at radius 3 is 2.04 bits per heavy atom. The molecule has 1 N–H and O–H groups in total. The number of carbonyl (C=O) groups excluding carboxylic acids is 1. The molecule has 0 aliphatic carbocycles. The van der Waals surface area contributed by atoms with Crippen molar-refractivity contribution in [1.82, 2.24) is 0 Å². The van der Waals surface area contributed by atoms with Crippen LogP contribution in [0.2, 0.25) is 0 Å². The summed E-state index contributed by atoms with van der Waals surface area (Å²) >= 11 is 0. The predicted molar refractivity (Wildman–Crippen MR) is 96.1 cm³/mol. The molecule has 6 heteroatoms. The average molecular weight is 333 g/mol. The highest BCUT2D eigenvalue weighted by Gasteiger charge is 2.50. The Labute approximate surface area is 145 Å². The van der Waals surface area contributed by atoms with E-state index >= 15 is 0 Å². The lowest BCUT2D eigenvalue weighted by atomic mass is 9.81. The van der Waals surface area contributed by atoms with Crippen LogP contribution in [0.1, 0.15) is 54.0 Å². The first-order valence-electron chi connectivity index (χ1n) is 8.33. The number of carbonyl (C=O) groups is 1. The van der Waals surface area contributed by atoms with E-state index in [0.717, 1.165) is 5.56 Å². The van der Waals surface area contributed by atoms with Crippen LogP contribution >= 0.6 is 0 Å². The maximum atomic E-state index is 11.8. The molecule has 5 nitrogen and oxygen atoms in total. The second-order valence-corrected chi connectivity index (χ2v) is 8.21. The Morgan fingerprint density at radius 2 is 1.58 bits per heavy atom. The standard InChI is InChI=1S/C18H28BNO4/c1-16(2,3)22-15(21)20-14-10-8-13(9-11-14)12-19-23-17(4,5)18(6,7)24-19/h8-11H,12H2,1-7H3,(H,20,21). The number of anilines is 1. The summed E-state index contributed by atoms with van der Waals surface area (Å²) in [7, 11) is -0.264. The van der Waals surface area contributed by atoms with Crippen LogP contribution in [0.3, 0.4) is 0 Å². The number of benzene rings is 1. The number of rotatable bonds is 3. The molecule has 0 spiro atoms. The molecular formula is C18H28BNO4. The van der Waals surface area contributed by atoms with Crippen LogP contribution in [-0.4, -0.2) is 30.0 Å². The second kappa shape index (κ2) is 6.41. The third-order valence-electron chi connectivity index (χ3n) is 4.30. The van der Waals surface area contributed by atoms with Gasteiger partial charge in [0.2, 0.25) is 0 Å². The van der Waals surface area contributed by atoms with Crippen LogP contribution in [0.25, 0.3) is 0 Å². The minimum atomic E-state index is -0.513. The Kier molecular flexibility index (Phi) is 5.02. The van der Waals surface area contributed by atoms with Gasteiger partial charge in [0, 0.05) is 12.0 Å². The van der Waals surface area contributed by atoms with E-state index in [1.54, 1.807) is 0 Å². The zero-order valence-electron chi connectivity index (χ0n) is 15.7. The molecule has 0 radical (unpaired) electrons. The molecule has 1 saturated heterocycles. The van der Waals surface area contributed by atoms with E-state index < -0.39 is 11.7 Å². The zero-order valence-corrected chi connectivity index (χ0v) is 15.7. The summed E-state index contributed by atoms with van der Waals surface area (Å²) < 4.78 is 17.2. The molecular weight excluding hydrogens is 305 g/mol. The lowest BCUT2D eigenvalue weighted by molar-refractivity contribution is 0.00578. The highest BCUT2D eigenvalue weighted by atomic mass is 16.7. The molecule has 132 valence electrons. The summed E-state index contributed by atoms with van der Waals surface area (Å²) in [5.74, 6) is 0. The van der Waals surface area contributed by atoms with Gasteiger partial charge in [-0.1, -0.05) is 12.1 Å². The maximum Gasteiger partial charge on any atom is 0.462 e. The van der Waals surface area contributed by atoms with Gasteiger partial charge in [0.05, 0.1) is 11.2 Å². The van der Waals surface area contributed by atoms with Crippen LogP contribution in [-0.2, 0) is 20.4 Å². The van der Waals surface area contributed by atoms with Crippen molar-refractivity contribution >= 4 is 18.9 Å². The Bertz CT molecular complexity index is 574. The molecule has 0 bridgehead atoms. The van der Waals surface area contributed by atoms with Gasteiger partial charge in [-0.15, -0.1) is 0 Å². The molecule has 0 unspecified atom stereocenters. The largest absolute Gasteiger partial charge is 0.462 e. The van der Waals surface area contributed by atoms with Gasteiger partial charge in [-0.2, -0.15) is 0 Å². The average Bonchev–Trinajstić information content (AvgIpc) is 2.57. The van der Waals surface area contributed by atoms with Crippen molar-refractivity contribution in [1.29, 1.82) is 0 Å². The molecule has 1 amide bonds. The quantitative estimate of drug-likeness (QED) is 0.842. The van der Waals surface area contributed by atoms with Crippen LogP contribution in [0.15, 0.2) is 24.3 Å². The Balaban J connectivity index is 1.93. The van der Waals surface area contributed by atoms with E-state index in [0.29, 0.717) is 12.0 Å². The normalized spacial score (nSPS) is 19.2. The number of ether oxygens (including phenoxy) is 1. The smallest absolute Gasteiger partial charge is 0.444 e.